The Bertz CT molecular complexity index is 489. The van der Waals surface area contributed by atoms with Crippen LogP contribution < -0.4 is 5.73 Å². The van der Waals surface area contributed by atoms with E-state index in [2.05, 4.69) is 11.9 Å². The fourth-order valence-corrected chi connectivity index (χ4v) is 4.23. The minimum atomic E-state index is -3.47. The maximum absolute atomic E-state index is 12.5. The van der Waals surface area contributed by atoms with Crippen molar-refractivity contribution in [1.29, 1.82) is 0 Å². The lowest BCUT2D eigenvalue weighted by Crippen LogP contribution is -2.51. The molecule has 0 amide bonds. The molecule has 0 radical (unpaired) electrons. The molecule has 1 aromatic heterocycles. The van der Waals surface area contributed by atoms with Crippen molar-refractivity contribution < 1.29 is 8.42 Å². The number of nitrogens with zero attached hydrogens (tertiary/aromatic N) is 2. The molecule has 2 atom stereocenters. The molecule has 2 rings (SSSR count). The monoisotopic (exact) mass is 269 g/mol. The van der Waals surface area contributed by atoms with Gasteiger partial charge in [0.05, 0.1) is 0 Å². The van der Waals surface area contributed by atoms with Crippen molar-refractivity contribution in [2.75, 3.05) is 13.1 Å². The summed E-state index contributed by atoms with van der Waals surface area (Å²) in [6.45, 7) is 2.96. The SMILES string of the molecule is C[C@@H]1CCCN(S(=O)(=O)c2cccnc2)[C@H]1CN. The number of hydrogen-bond acceptors (Lipinski definition) is 4. The Kier molecular flexibility index (Phi) is 3.99. The molecule has 2 heterocycles. The van der Waals surface area contributed by atoms with Gasteiger partial charge in [-0.1, -0.05) is 6.92 Å². The predicted molar refractivity (Wildman–Crippen MR) is 69.4 cm³/mol. The first-order valence-corrected chi connectivity index (χ1v) is 7.63. The molecule has 0 unspecified atom stereocenters. The van der Waals surface area contributed by atoms with Gasteiger partial charge in [0.2, 0.25) is 10.0 Å². The summed E-state index contributed by atoms with van der Waals surface area (Å²) in [5.74, 6) is 0.301. The lowest BCUT2D eigenvalue weighted by atomic mass is 9.93. The highest BCUT2D eigenvalue weighted by atomic mass is 32.2. The molecule has 18 heavy (non-hydrogen) atoms. The van der Waals surface area contributed by atoms with Crippen LogP contribution in [0.1, 0.15) is 19.8 Å². The smallest absolute Gasteiger partial charge is 0.244 e. The highest BCUT2D eigenvalue weighted by Crippen LogP contribution is 2.28. The number of sulfonamides is 1. The molecule has 100 valence electrons. The number of pyridine rings is 1. The van der Waals surface area contributed by atoms with E-state index < -0.39 is 10.0 Å². The fourth-order valence-electron chi connectivity index (χ4n) is 2.49. The summed E-state index contributed by atoms with van der Waals surface area (Å²) in [4.78, 5) is 4.13. The van der Waals surface area contributed by atoms with Gasteiger partial charge in [0.1, 0.15) is 4.90 Å². The molecule has 5 nitrogen and oxygen atoms in total. The van der Waals surface area contributed by atoms with Gasteiger partial charge in [-0.15, -0.1) is 0 Å². The molecule has 1 aromatic rings. The fraction of sp³-hybridized carbons (Fsp3) is 0.583. The largest absolute Gasteiger partial charge is 0.329 e. The standard InChI is InChI=1S/C12H19N3O2S/c1-10-4-3-7-15(12(10)8-13)18(16,17)11-5-2-6-14-9-11/h2,5-6,9-10,12H,3-4,7-8,13H2,1H3/t10-,12+/m1/s1. The van der Waals surface area contributed by atoms with Crippen molar-refractivity contribution >= 4 is 10.0 Å². The van der Waals surface area contributed by atoms with Gasteiger partial charge < -0.3 is 5.73 Å². The van der Waals surface area contributed by atoms with E-state index in [0.717, 1.165) is 12.8 Å². The zero-order valence-electron chi connectivity index (χ0n) is 10.5. The number of nitrogens with two attached hydrogens (primary N) is 1. The topological polar surface area (TPSA) is 76.3 Å². The lowest BCUT2D eigenvalue weighted by molar-refractivity contribution is 0.192. The summed E-state index contributed by atoms with van der Waals surface area (Å²) in [7, 11) is -3.47. The van der Waals surface area contributed by atoms with Crippen LogP contribution in [0.5, 0.6) is 0 Å². The number of piperidine rings is 1. The first-order valence-electron chi connectivity index (χ1n) is 6.19. The number of aromatic nitrogens is 1. The first kappa shape index (κ1) is 13.5. The van der Waals surface area contributed by atoms with Crippen molar-refractivity contribution in [1.82, 2.24) is 9.29 Å². The van der Waals surface area contributed by atoms with E-state index in [1.165, 1.54) is 10.5 Å². The summed E-state index contributed by atoms with van der Waals surface area (Å²) in [6, 6.07) is 3.11. The Morgan fingerprint density at radius 3 is 2.94 bits per heavy atom. The molecule has 0 spiro atoms. The van der Waals surface area contributed by atoms with E-state index >= 15 is 0 Å². The first-order chi connectivity index (χ1) is 8.57. The summed E-state index contributed by atoms with van der Waals surface area (Å²) in [5.41, 5.74) is 5.74. The highest BCUT2D eigenvalue weighted by molar-refractivity contribution is 7.89. The van der Waals surface area contributed by atoms with E-state index in [1.54, 1.807) is 18.3 Å². The molecule has 1 saturated heterocycles. The second-order valence-corrected chi connectivity index (χ2v) is 6.62. The third-order valence-corrected chi connectivity index (χ3v) is 5.46. The molecular weight excluding hydrogens is 250 g/mol. The zero-order chi connectivity index (χ0) is 13.2. The minimum absolute atomic E-state index is 0.107. The quantitative estimate of drug-likeness (QED) is 0.881. The van der Waals surface area contributed by atoms with Crippen LogP contribution >= 0.6 is 0 Å². The molecule has 1 fully saturated rings. The van der Waals surface area contributed by atoms with Gasteiger partial charge in [-0.25, -0.2) is 8.42 Å². The van der Waals surface area contributed by atoms with Crippen molar-refractivity contribution in [3.63, 3.8) is 0 Å². The van der Waals surface area contributed by atoms with Crippen LogP contribution in [0.15, 0.2) is 29.4 Å². The van der Waals surface area contributed by atoms with Gasteiger partial charge in [-0.3, -0.25) is 4.98 Å². The van der Waals surface area contributed by atoms with Crippen LogP contribution in [-0.4, -0.2) is 36.8 Å². The Labute approximate surface area is 108 Å². The van der Waals surface area contributed by atoms with E-state index in [-0.39, 0.29) is 10.9 Å². The van der Waals surface area contributed by atoms with Crippen LogP contribution in [0, 0.1) is 5.92 Å². The van der Waals surface area contributed by atoms with Crippen LogP contribution in [-0.2, 0) is 10.0 Å². The van der Waals surface area contributed by atoms with Crippen LogP contribution in [0.4, 0.5) is 0 Å². The van der Waals surface area contributed by atoms with E-state index in [1.807, 2.05) is 0 Å². The third-order valence-electron chi connectivity index (χ3n) is 3.55. The lowest BCUT2D eigenvalue weighted by Gasteiger charge is -2.38. The van der Waals surface area contributed by atoms with E-state index in [4.69, 9.17) is 5.73 Å². The number of rotatable bonds is 3. The second-order valence-electron chi connectivity index (χ2n) is 4.73. The summed E-state index contributed by atoms with van der Waals surface area (Å²) in [6.07, 6.45) is 4.87. The summed E-state index contributed by atoms with van der Waals surface area (Å²) >= 11 is 0. The van der Waals surface area contributed by atoms with Gasteiger partial charge >= 0.3 is 0 Å². The van der Waals surface area contributed by atoms with E-state index in [9.17, 15) is 8.42 Å². The Morgan fingerprint density at radius 2 is 2.33 bits per heavy atom. The Morgan fingerprint density at radius 1 is 1.56 bits per heavy atom. The molecule has 1 aliphatic heterocycles. The van der Waals surface area contributed by atoms with Crippen LogP contribution in [0.2, 0.25) is 0 Å². The molecule has 6 heteroatoms. The van der Waals surface area contributed by atoms with Gasteiger partial charge in [-0.05, 0) is 30.9 Å². The molecule has 1 aliphatic rings. The zero-order valence-corrected chi connectivity index (χ0v) is 11.3. The summed E-state index contributed by atoms with van der Waals surface area (Å²) in [5, 5.41) is 0. The van der Waals surface area contributed by atoms with Crippen LogP contribution in [0.3, 0.4) is 0 Å². The predicted octanol–water partition coefficient (Wildman–Crippen LogP) is 0.830. The number of hydrogen-bond donors (Lipinski definition) is 1. The third kappa shape index (κ3) is 2.41. The summed E-state index contributed by atoms with van der Waals surface area (Å²) < 4.78 is 26.6. The molecule has 0 bridgehead atoms. The molecule has 0 aromatic carbocycles. The van der Waals surface area contributed by atoms with Crippen molar-refractivity contribution in [2.24, 2.45) is 11.7 Å². The van der Waals surface area contributed by atoms with Crippen molar-refractivity contribution in [3.05, 3.63) is 24.5 Å². The Hall–Kier alpha value is -0.980. The minimum Gasteiger partial charge on any atom is -0.329 e. The molecular formula is C12H19N3O2S. The van der Waals surface area contributed by atoms with Crippen LogP contribution in [0.25, 0.3) is 0 Å². The molecule has 0 saturated carbocycles. The molecule has 2 N–H and O–H groups in total. The van der Waals surface area contributed by atoms with Gasteiger partial charge in [0, 0.05) is 31.5 Å². The second kappa shape index (κ2) is 5.34. The van der Waals surface area contributed by atoms with Gasteiger partial charge in [-0.2, -0.15) is 4.31 Å². The van der Waals surface area contributed by atoms with Gasteiger partial charge in [0.15, 0.2) is 0 Å². The average Bonchev–Trinajstić information content (AvgIpc) is 2.39. The van der Waals surface area contributed by atoms with Gasteiger partial charge in [0.25, 0.3) is 0 Å². The highest BCUT2D eigenvalue weighted by Gasteiger charge is 2.36. The normalized spacial score (nSPS) is 26.1. The average molecular weight is 269 g/mol. The van der Waals surface area contributed by atoms with Crippen molar-refractivity contribution in [2.45, 2.75) is 30.7 Å². The van der Waals surface area contributed by atoms with Crippen molar-refractivity contribution in [3.8, 4) is 0 Å². The maximum Gasteiger partial charge on any atom is 0.244 e. The molecule has 0 aliphatic carbocycles. The maximum atomic E-state index is 12.5. The Balaban J connectivity index is 2.34. The van der Waals surface area contributed by atoms with E-state index in [0.29, 0.717) is 19.0 Å².